The fraction of sp³-hybridized carbons (Fsp3) is 0.133. The van der Waals surface area contributed by atoms with Crippen LogP contribution in [0.2, 0.25) is 10.0 Å². The lowest BCUT2D eigenvalue weighted by molar-refractivity contribution is 0.306. The molecule has 118 valence electrons. The van der Waals surface area contributed by atoms with Gasteiger partial charge >= 0.3 is 0 Å². The van der Waals surface area contributed by atoms with E-state index in [0.717, 1.165) is 11.1 Å². The molecular formula is C15H13Cl2N5O. The van der Waals surface area contributed by atoms with Crippen molar-refractivity contribution in [2.24, 2.45) is 0 Å². The molecule has 0 atom stereocenters. The number of tetrazole rings is 1. The molecule has 0 aliphatic rings. The van der Waals surface area contributed by atoms with E-state index in [0.29, 0.717) is 34.9 Å². The predicted octanol–water partition coefficient (Wildman–Crippen LogP) is 3.70. The maximum atomic E-state index is 6.27. The summed E-state index contributed by atoms with van der Waals surface area (Å²) in [5.41, 5.74) is 1.93. The van der Waals surface area contributed by atoms with Crippen molar-refractivity contribution in [1.29, 1.82) is 0 Å². The number of hydrogen-bond donors (Lipinski definition) is 2. The molecule has 0 aliphatic carbocycles. The summed E-state index contributed by atoms with van der Waals surface area (Å²) in [5.74, 6) is 0.877. The van der Waals surface area contributed by atoms with E-state index in [4.69, 9.17) is 27.9 Å². The van der Waals surface area contributed by atoms with Gasteiger partial charge in [0.1, 0.15) is 6.61 Å². The number of benzene rings is 2. The van der Waals surface area contributed by atoms with Gasteiger partial charge in [0.15, 0.2) is 5.75 Å². The van der Waals surface area contributed by atoms with Crippen LogP contribution < -0.4 is 10.1 Å². The Kier molecular flexibility index (Phi) is 4.95. The van der Waals surface area contributed by atoms with E-state index in [-0.39, 0.29) is 0 Å². The fourth-order valence-electron chi connectivity index (χ4n) is 2.00. The molecule has 0 fully saturated rings. The lowest BCUT2D eigenvalue weighted by Gasteiger charge is -2.12. The van der Waals surface area contributed by atoms with E-state index in [1.54, 1.807) is 12.1 Å². The number of rotatable bonds is 6. The molecule has 0 saturated heterocycles. The topological polar surface area (TPSA) is 75.7 Å². The number of aromatic nitrogens is 4. The van der Waals surface area contributed by atoms with Crippen LogP contribution in [0.3, 0.4) is 0 Å². The largest absolute Gasteiger partial charge is 0.486 e. The number of halogens is 2. The molecule has 0 aliphatic heterocycles. The van der Waals surface area contributed by atoms with Gasteiger partial charge in [-0.15, -0.1) is 5.10 Å². The van der Waals surface area contributed by atoms with Crippen LogP contribution in [0.4, 0.5) is 5.95 Å². The van der Waals surface area contributed by atoms with Crippen molar-refractivity contribution in [2.45, 2.75) is 13.2 Å². The molecule has 0 saturated carbocycles. The monoisotopic (exact) mass is 349 g/mol. The van der Waals surface area contributed by atoms with Crippen molar-refractivity contribution >= 4 is 29.2 Å². The Hall–Kier alpha value is -2.31. The molecule has 0 unspecified atom stereocenters. The van der Waals surface area contributed by atoms with Crippen LogP contribution in [0.5, 0.6) is 5.75 Å². The number of anilines is 1. The Labute approximate surface area is 142 Å². The average Bonchev–Trinajstić information content (AvgIpc) is 3.06. The second-order valence-electron chi connectivity index (χ2n) is 4.75. The lowest BCUT2D eigenvalue weighted by Crippen LogP contribution is -2.02. The highest BCUT2D eigenvalue weighted by atomic mass is 35.5. The first-order chi connectivity index (χ1) is 11.2. The minimum Gasteiger partial charge on any atom is -0.486 e. The van der Waals surface area contributed by atoms with E-state index in [2.05, 4.69) is 25.9 Å². The van der Waals surface area contributed by atoms with Gasteiger partial charge in [-0.2, -0.15) is 5.21 Å². The van der Waals surface area contributed by atoms with E-state index >= 15 is 0 Å². The van der Waals surface area contributed by atoms with Crippen molar-refractivity contribution in [2.75, 3.05) is 5.32 Å². The van der Waals surface area contributed by atoms with Crippen molar-refractivity contribution in [3.05, 3.63) is 63.6 Å². The van der Waals surface area contributed by atoms with Crippen LogP contribution in [-0.2, 0) is 13.2 Å². The van der Waals surface area contributed by atoms with Crippen LogP contribution in [0.15, 0.2) is 42.5 Å². The number of H-pyrrole nitrogens is 1. The third-order valence-corrected chi connectivity index (χ3v) is 3.64. The maximum absolute atomic E-state index is 6.27. The van der Waals surface area contributed by atoms with Crippen LogP contribution in [0, 0.1) is 0 Å². The van der Waals surface area contributed by atoms with E-state index < -0.39 is 0 Å². The molecule has 2 N–H and O–H groups in total. The van der Waals surface area contributed by atoms with Crippen molar-refractivity contribution < 1.29 is 4.74 Å². The number of nitrogens with one attached hydrogen (secondary N) is 2. The van der Waals surface area contributed by atoms with Gasteiger partial charge in [-0.3, -0.25) is 0 Å². The van der Waals surface area contributed by atoms with Crippen LogP contribution in [0.1, 0.15) is 11.1 Å². The Balaban J connectivity index is 1.67. The Morgan fingerprint density at radius 2 is 1.78 bits per heavy atom. The summed E-state index contributed by atoms with van der Waals surface area (Å²) in [6.45, 7) is 0.874. The average molecular weight is 350 g/mol. The normalized spacial score (nSPS) is 10.5. The second kappa shape index (κ2) is 7.30. The molecule has 1 heterocycles. The molecule has 0 amide bonds. The molecule has 0 bridgehead atoms. The highest BCUT2D eigenvalue weighted by Crippen LogP contribution is 2.35. The number of aromatic amines is 1. The summed E-state index contributed by atoms with van der Waals surface area (Å²) in [5, 5.41) is 17.4. The molecule has 3 rings (SSSR count). The minimum absolute atomic E-state index is 0.404. The summed E-state index contributed by atoms with van der Waals surface area (Å²) in [4.78, 5) is 0. The van der Waals surface area contributed by atoms with Crippen LogP contribution in [0.25, 0.3) is 0 Å². The smallest absolute Gasteiger partial charge is 0.263 e. The fourth-order valence-corrected chi connectivity index (χ4v) is 2.64. The lowest BCUT2D eigenvalue weighted by atomic mass is 10.2. The predicted molar refractivity (Wildman–Crippen MR) is 88.7 cm³/mol. The van der Waals surface area contributed by atoms with Crippen molar-refractivity contribution in [3.8, 4) is 5.75 Å². The molecule has 8 heteroatoms. The highest BCUT2D eigenvalue weighted by Gasteiger charge is 2.10. The van der Waals surface area contributed by atoms with Gasteiger partial charge in [0.05, 0.1) is 10.0 Å². The quantitative estimate of drug-likeness (QED) is 0.709. The highest BCUT2D eigenvalue weighted by molar-refractivity contribution is 6.37. The zero-order chi connectivity index (χ0) is 16.1. The molecule has 2 aromatic carbocycles. The Morgan fingerprint density at radius 3 is 2.43 bits per heavy atom. The van der Waals surface area contributed by atoms with E-state index in [9.17, 15) is 0 Å². The van der Waals surface area contributed by atoms with Gasteiger partial charge in [0, 0.05) is 6.54 Å². The SMILES string of the molecule is Clc1cc(CNc2nn[nH]n2)cc(Cl)c1OCc1ccccc1. The summed E-state index contributed by atoms with van der Waals surface area (Å²) in [6.07, 6.45) is 0. The van der Waals surface area contributed by atoms with Gasteiger partial charge in [-0.1, -0.05) is 58.6 Å². The molecule has 3 aromatic rings. The number of ether oxygens (including phenoxy) is 1. The first-order valence-corrected chi connectivity index (χ1v) is 7.60. The Bertz CT molecular complexity index is 742. The Morgan fingerprint density at radius 1 is 1.04 bits per heavy atom. The minimum atomic E-state index is 0.404. The molecular weight excluding hydrogens is 337 g/mol. The van der Waals surface area contributed by atoms with Crippen molar-refractivity contribution in [1.82, 2.24) is 20.6 Å². The van der Waals surface area contributed by atoms with Gasteiger partial charge < -0.3 is 10.1 Å². The van der Waals surface area contributed by atoms with Crippen molar-refractivity contribution in [3.63, 3.8) is 0 Å². The van der Waals surface area contributed by atoms with E-state index in [1.165, 1.54) is 0 Å². The van der Waals surface area contributed by atoms with E-state index in [1.807, 2.05) is 30.3 Å². The number of hydrogen-bond acceptors (Lipinski definition) is 5. The summed E-state index contributed by atoms with van der Waals surface area (Å²) >= 11 is 12.5. The summed E-state index contributed by atoms with van der Waals surface area (Å²) < 4.78 is 5.74. The summed E-state index contributed by atoms with van der Waals surface area (Å²) in [7, 11) is 0. The van der Waals surface area contributed by atoms with Gasteiger partial charge in [-0.05, 0) is 28.5 Å². The van der Waals surface area contributed by atoms with Gasteiger partial charge in [0.25, 0.3) is 5.95 Å². The van der Waals surface area contributed by atoms with Gasteiger partial charge in [-0.25, -0.2) is 0 Å². The van der Waals surface area contributed by atoms with Crippen LogP contribution in [-0.4, -0.2) is 20.6 Å². The summed E-state index contributed by atoms with van der Waals surface area (Å²) in [6, 6.07) is 13.4. The zero-order valence-corrected chi connectivity index (χ0v) is 13.5. The molecule has 1 aromatic heterocycles. The zero-order valence-electron chi connectivity index (χ0n) is 12.0. The standard InChI is InChI=1S/C15H13Cl2N5O/c16-12-6-11(8-18-15-19-21-22-20-15)7-13(17)14(12)23-9-10-4-2-1-3-5-10/h1-7H,8-9H2,(H2,18,19,20,21,22). The third kappa shape index (κ3) is 4.12. The number of nitrogens with zero attached hydrogens (tertiary/aromatic N) is 3. The molecule has 0 radical (unpaired) electrons. The first kappa shape index (κ1) is 15.6. The van der Waals surface area contributed by atoms with Crippen LogP contribution >= 0.6 is 23.2 Å². The molecule has 23 heavy (non-hydrogen) atoms. The first-order valence-electron chi connectivity index (χ1n) is 6.84. The second-order valence-corrected chi connectivity index (χ2v) is 5.57. The van der Waals surface area contributed by atoms with Gasteiger partial charge in [0.2, 0.25) is 0 Å². The molecule has 0 spiro atoms. The third-order valence-electron chi connectivity index (χ3n) is 3.08. The molecule has 6 nitrogen and oxygen atoms in total. The maximum Gasteiger partial charge on any atom is 0.263 e.